The third-order valence-electron chi connectivity index (χ3n) is 0.945. The van der Waals surface area contributed by atoms with Gasteiger partial charge in [0.05, 0.1) is 6.61 Å². The maximum atomic E-state index is 10.8. The van der Waals surface area contributed by atoms with Crippen LogP contribution in [0.15, 0.2) is 6.20 Å². The average Bonchev–Trinajstić information content (AvgIpc) is 2.38. The molecule has 1 aromatic heterocycles. The molecule has 0 unspecified atom stereocenters. The Morgan fingerprint density at radius 3 is 3.30 bits per heavy atom. The van der Waals surface area contributed by atoms with Crippen molar-refractivity contribution in [3.63, 3.8) is 0 Å². The molecule has 0 aliphatic carbocycles. The van der Waals surface area contributed by atoms with Gasteiger partial charge in [0.15, 0.2) is 0 Å². The number of hydrogen-bond donors (Lipinski definition) is 1. The fourth-order valence-electron chi connectivity index (χ4n) is 0.535. The smallest absolute Gasteiger partial charge is 0.342 e. The van der Waals surface area contributed by atoms with E-state index in [1.54, 1.807) is 6.92 Å². The van der Waals surface area contributed by atoms with Gasteiger partial charge in [-0.25, -0.2) is 4.79 Å². The van der Waals surface area contributed by atoms with Crippen LogP contribution in [0, 0.1) is 6.20 Å². The predicted octanol–water partition coefficient (Wildman–Crippen LogP) is 0.387. The van der Waals surface area contributed by atoms with E-state index in [9.17, 15) is 4.79 Å². The maximum Gasteiger partial charge on any atom is 0.342 e. The van der Waals surface area contributed by atoms with Crippen molar-refractivity contribution in [1.29, 1.82) is 0 Å². The Hall–Kier alpha value is -1.32. The zero-order valence-corrected chi connectivity index (χ0v) is 5.55. The predicted molar refractivity (Wildman–Crippen MR) is 33.4 cm³/mol. The van der Waals surface area contributed by atoms with Crippen molar-refractivity contribution in [2.45, 2.75) is 6.92 Å². The summed E-state index contributed by atoms with van der Waals surface area (Å²) in [4.78, 5) is 10.8. The van der Waals surface area contributed by atoms with Gasteiger partial charge in [0, 0.05) is 6.20 Å². The molecule has 0 atom stereocenters. The fourth-order valence-corrected chi connectivity index (χ4v) is 0.535. The minimum Gasteiger partial charge on any atom is -0.462 e. The van der Waals surface area contributed by atoms with E-state index >= 15 is 0 Å². The average molecular weight is 139 g/mol. The molecule has 53 valence electrons. The van der Waals surface area contributed by atoms with Crippen molar-refractivity contribution in [1.82, 2.24) is 10.2 Å². The topological polar surface area (TPSA) is 55.0 Å². The number of rotatable bonds is 2. The number of esters is 1. The Bertz CT molecular complexity index is 206. The van der Waals surface area contributed by atoms with Crippen LogP contribution in [0.25, 0.3) is 0 Å². The van der Waals surface area contributed by atoms with E-state index in [0.29, 0.717) is 12.2 Å². The third-order valence-corrected chi connectivity index (χ3v) is 0.945. The van der Waals surface area contributed by atoms with Gasteiger partial charge < -0.3 is 4.74 Å². The highest BCUT2D eigenvalue weighted by molar-refractivity contribution is 5.88. The van der Waals surface area contributed by atoms with Crippen LogP contribution in [0.5, 0.6) is 0 Å². The zero-order valence-electron chi connectivity index (χ0n) is 5.55. The molecule has 0 aliphatic heterocycles. The SMILES string of the molecule is CCOC(=O)c1[c]n[nH]c1. The van der Waals surface area contributed by atoms with Crippen molar-refractivity contribution < 1.29 is 9.53 Å². The summed E-state index contributed by atoms with van der Waals surface area (Å²) in [7, 11) is 0. The Kier molecular flexibility index (Phi) is 2.04. The van der Waals surface area contributed by atoms with Gasteiger partial charge in [0.25, 0.3) is 0 Å². The van der Waals surface area contributed by atoms with Gasteiger partial charge in [0.1, 0.15) is 11.8 Å². The van der Waals surface area contributed by atoms with Crippen molar-refractivity contribution >= 4 is 5.97 Å². The minimum atomic E-state index is -0.392. The minimum absolute atomic E-state index is 0.335. The summed E-state index contributed by atoms with van der Waals surface area (Å²) in [5, 5.41) is 5.94. The molecule has 0 saturated carbocycles. The molecular weight excluding hydrogens is 132 g/mol. The lowest BCUT2D eigenvalue weighted by Crippen LogP contribution is -2.02. The Labute approximate surface area is 58.2 Å². The normalized spacial score (nSPS) is 9.30. The molecule has 1 heterocycles. The molecule has 1 radical (unpaired) electrons. The number of carbonyl (C=O) groups is 1. The summed E-state index contributed by atoms with van der Waals surface area (Å²) in [5.41, 5.74) is 0.335. The fraction of sp³-hybridized carbons (Fsp3) is 0.333. The lowest BCUT2D eigenvalue weighted by Gasteiger charge is -1.94. The van der Waals surface area contributed by atoms with Crippen LogP contribution < -0.4 is 0 Å². The molecule has 1 rings (SSSR count). The van der Waals surface area contributed by atoms with Gasteiger partial charge in [-0.05, 0) is 6.92 Å². The van der Waals surface area contributed by atoms with E-state index in [1.165, 1.54) is 6.20 Å². The highest BCUT2D eigenvalue weighted by atomic mass is 16.5. The Balaban J connectivity index is 2.59. The summed E-state index contributed by atoms with van der Waals surface area (Å²) in [6.07, 6.45) is 3.88. The van der Waals surface area contributed by atoms with Crippen LogP contribution in [0.1, 0.15) is 17.3 Å². The van der Waals surface area contributed by atoms with Gasteiger partial charge in [-0.15, -0.1) is 0 Å². The van der Waals surface area contributed by atoms with Crippen LogP contribution in [0.2, 0.25) is 0 Å². The second kappa shape index (κ2) is 3.00. The molecule has 1 N–H and O–H groups in total. The molecule has 0 fully saturated rings. The van der Waals surface area contributed by atoms with E-state index in [2.05, 4.69) is 21.1 Å². The largest absolute Gasteiger partial charge is 0.462 e. The van der Waals surface area contributed by atoms with Crippen molar-refractivity contribution in [2.24, 2.45) is 0 Å². The molecule has 0 spiro atoms. The number of carbonyl (C=O) groups excluding carboxylic acids is 1. The molecule has 0 saturated heterocycles. The number of H-pyrrole nitrogens is 1. The molecule has 10 heavy (non-hydrogen) atoms. The molecule has 4 nitrogen and oxygen atoms in total. The van der Waals surface area contributed by atoms with Crippen molar-refractivity contribution in [2.75, 3.05) is 6.61 Å². The molecule has 0 aromatic carbocycles. The highest BCUT2D eigenvalue weighted by Gasteiger charge is 2.05. The third kappa shape index (κ3) is 1.34. The Morgan fingerprint density at radius 1 is 2.00 bits per heavy atom. The van der Waals surface area contributed by atoms with E-state index in [4.69, 9.17) is 0 Å². The van der Waals surface area contributed by atoms with Crippen LogP contribution in [-0.2, 0) is 4.74 Å². The van der Waals surface area contributed by atoms with Crippen LogP contribution in [0.3, 0.4) is 0 Å². The number of aromatic nitrogens is 2. The first-order valence-electron chi connectivity index (χ1n) is 2.93. The summed E-state index contributed by atoms with van der Waals surface area (Å²) in [6, 6.07) is 0. The second-order valence-electron chi connectivity index (χ2n) is 1.63. The van der Waals surface area contributed by atoms with Gasteiger partial charge in [-0.2, -0.15) is 5.10 Å². The number of ether oxygens (including phenoxy) is 1. The van der Waals surface area contributed by atoms with E-state index < -0.39 is 5.97 Å². The first-order valence-corrected chi connectivity index (χ1v) is 2.93. The lowest BCUT2D eigenvalue weighted by atomic mass is 10.4. The first-order chi connectivity index (χ1) is 4.84. The van der Waals surface area contributed by atoms with Crippen LogP contribution in [0.4, 0.5) is 0 Å². The van der Waals surface area contributed by atoms with Gasteiger partial charge >= 0.3 is 5.97 Å². The van der Waals surface area contributed by atoms with Crippen LogP contribution in [-0.4, -0.2) is 22.8 Å². The van der Waals surface area contributed by atoms with E-state index in [0.717, 1.165) is 0 Å². The molecule has 4 heteroatoms. The van der Waals surface area contributed by atoms with Crippen molar-refractivity contribution in [3.05, 3.63) is 18.0 Å². The highest BCUT2D eigenvalue weighted by Crippen LogP contribution is 1.94. The summed E-state index contributed by atoms with van der Waals surface area (Å²) >= 11 is 0. The van der Waals surface area contributed by atoms with E-state index in [1.807, 2.05) is 0 Å². The monoisotopic (exact) mass is 139 g/mol. The van der Waals surface area contributed by atoms with Crippen molar-refractivity contribution in [3.8, 4) is 0 Å². The lowest BCUT2D eigenvalue weighted by molar-refractivity contribution is 0.0526. The maximum absolute atomic E-state index is 10.8. The summed E-state index contributed by atoms with van der Waals surface area (Å²) < 4.78 is 4.66. The molecular formula is C6H7N2O2. The van der Waals surface area contributed by atoms with Gasteiger partial charge in [-0.3, -0.25) is 5.10 Å². The molecule has 1 aromatic rings. The van der Waals surface area contributed by atoms with Gasteiger partial charge in [-0.1, -0.05) is 0 Å². The number of aromatic amines is 1. The summed E-state index contributed by atoms with van der Waals surface area (Å²) in [6.45, 7) is 2.12. The van der Waals surface area contributed by atoms with Crippen LogP contribution >= 0.6 is 0 Å². The quantitative estimate of drug-likeness (QED) is 0.603. The number of hydrogen-bond acceptors (Lipinski definition) is 3. The molecule has 0 amide bonds. The second-order valence-corrected chi connectivity index (χ2v) is 1.63. The Morgan fingerprint density at radius 2 is 2.80 bits per heavy atom. The number of nitrogens with one attached hydrogen (secondary N) is 1. The molecule has 0 aliphatic rings. The van der Waals surface area contributed by atoms with E-state index in [-0.39, 0.29) is 0 Å². The standard InChI is InChI=1S/C6H7N2O2/c1-2-10-6(9)5-3-7-8-4-5/h3H,2H2,1H3,(H,7,8). The zero-order chi connectivity index (χ0) is 7.40. The van der Waals surface area contributed by atoms with Gasteiger partial charge in [0.2, 0.25) is 0 Å². The number of nitrogens with zero attached hydrogens (tertiary/aromatic N) is 1. The molecule has 0 bridgehead atoms. The first kappa shape index (κ1) is 6.80. The summed E-state index contributed by atoms with van der Waals surface area (Å²) in [5.74, 6) is -0.392.